The number of nitrogen functional groups attached to an aromatic ring is 1. The van der Waals surface area contributed by atoms with Crippen molar-refractivity contribution in [2.45, 2.75) is 32.1 Å². The molecule has 1 aromatic carbocycles. The normalized spacial score (nSPS) is 14.6. The molecular weight excluding hydrogens is 323 g/mol. The van der Waals surface area contributed by atoms with Crippen LogP contribution in [-0.4, -0.2) is 37.4 Å². The summed E-state index contributed by atoms with van der Waals surface area (Å²) in [5, 5.41) is 0.468. The highest BCUT2D eigenvalue weighted by Crippen LogP contribution is 2.29. The van der Waals surface area contributed by atoms with Crippen molar-refractivity contribution < 1.29 is 9.53 Å². The van der Waals surface area contributed by atoms with E-state index in [4.69, 9.17) is 22.1 Å². The Morgan fingerprint density at radius 3 is 2.68 bits per heavy atom. The fourth-order valence-electron chi connectivity index (χ4n) is 2.75. The first-order valence-corrected chi connectivity index (χ1v) is 7.84. The molecule has 0 bridgehead atoms. The van der Waals surface area contributed by atoms with Gasteiger partial charge in [0, 0.05) is 24.5 Å². The van der Waals surface area contributed by atoms with Gasteiger partial charge in [0.25, 0.3) is 0 Å². The second-order valence-corrected chi connectivity index (χ2v) is 5.96. The van der Waals surface area contributed by atoms with Crippen molar-refractivity contribution in [3.05, 3.63) is 22.7 Å². The summed E-state index contributed by atoms with van der Waals surface area (Å²) in [6, 6.07) is 3.41. The predicted molar refractivity (Wildman–Crippen MR) is 93.3 cm³/mol. The summed E-state index contributed by atoms with van der Waals surface area (Å²) in [4.78, 5) is 14.5. The van der Waals surface area contributed by atoms with Gasteiger partial charge in [-0.15, -0.1) is 12.4 Å². The number of methoxy groups -OCH3 is 1. The topological polar surface area (TPSA) is 55.6 Å². The van der Waals surface area contributed by atoms with Crippen LogP contribution in [0.5, 0.6) is 5.75 Å². The fraction of sp³-hybridized carbons (Fsp3) is 0.562. The lowest BCUT2D eigenvalue weighted by Crippen LogP contribution is -2.21. The van der Waals surface area contributed by atoms with E-state index in [2.05, 4.69) is 4.90 Å². The number of rotatable bonds is 7. The molecule has 0 radical (unpaired) electrons. The van der Waals surface area contributed by atoms with E-state index in [0.717, 1.165) is 18.5 Å². The van der Waals surface area contributed by atoms with Crippen LogP contribution in [0.2, 0.25) is 5.02 Å². The van der Waals surface area contributed by atoms with Crippen LogP contribution in [0.4, 0.5) is 5.69 Å². The molecule has 0 saturated carbocycles. The Kier molecular flexibility index (Phi) is 8.01. The largest absolute Gasteiger partial charge is 0.496 e. The van der Waals surface area contributed by atoms with Crippen LogP contribution in [0.3, 0.4) is 0 Å². The average molecular weight is 347 g/mol. The Morgan fingerprint density at radius 2 is 2.05 bits per heavy atom. The number of carbonyl (C=O) groups is 1. The first kappa shape index (κ1) is 19.1. The summed E-state index contributed by atoms with van der Waals surface area (Å²) in [7, 11) is 1.57. The Bertz CT molecular complexity index is 503. The maximum atomic E-state index is 12.1. The molecule has 1 aromatic rings. The Hall–Kier alpha value is -0.970. The van der Waals surface area contributed by atoms with Crippen LogP contribution in [0.15, 0.2) is 12.1 Å². The molecule has 0 atom stereocenters. The maximum absolute atomic E-state index is 12.1. The second kappa shape index (κ2) is 9.23. The van der Waals surface area contributed by atoms with Gasteiger partial charge in [-0.2, -0.15) is 0 Å². The molecule has 6 heteroatoms. The quantitative estimate of drug-likeness (QED) is 0.769. The van der Waals surface area contributed by atoms with Crippen LogP contribution in [0.1, 0.15) is 31.2 Å². The second-order valence-electron chi connectivity index (χ2n) is 5.55. The third-order valence-corrected chi connectivity index (χ3v) is 4.24. The van der Waals surface area contributed by atoms with E-state index in [1.807, 2.05) is 0 Å². The highest BCUT2D eigenvalue weighted by Gasteiger charge is 2.14. The lowest BCUT2D eigenvalue weighted by atomic mass is 10.0. The van der Waals surface area contributed by atoms with Crippen LogP contribution in [0.25, 0.3) is 0 Å². The molecule has 1 saturated heterocycles. The molecule has 2 rings (SSSR count). The lowest BCUT2D eigenvalue weighted by Gasteiger charge is -2.14. The summed E-state index contributed by atoms with van der Waals surface area (Å²) in [5.74, 6) is 0.845. The molecule has 1 aliphatic heterocycles. The van der Waals surface area contributed by atoms with Crippen LogP contribution >= 0.6 is 24.0 Å². The van der Waals surface area contributed by atoms with E-state index in [1.54, 1.807) is 19.2 Å². The highest BCUT2D eigenvalue weighted by molar-refractivity contribution is 6.33. The zero-order valence-electron chi connectivity index (χ0n) is 12.9. The van der Waals surface area contributed by atoms with Crippen LogP contribution in [0, 0.1) is 0 Å². The number of nitrogens with zero attached hydrogens (tertiary/aromatic N) is 1. The Balaban J connectivity index is 0.00000242. The molecular formula is C16H24Cl2N2O2. The van der Waals surface area contributed by atoms with Crippen molar-refractivity contribution >= 4 is 35.5 Å². The van der Waals surface area contributed by atoms with Gasteiger partial charge in [-0.05, 0) is 45.0 Å². The van der Waals surface area contributed by atoms with Gasteiger partial charge in [-0.25, -0.2) is 0 Å². The van der Waals surface area contributed by atoms with Gasteiger partial charge in [0.05, 0.1) is 17.8 Å². The smallest absolute Gasteiger partial charge is 0.137 e. The molecule has 4 nitrogen and oxygen atoms in total. The standard InChI is InChI=1S/C16H23ClN2O2.ClH/c1-21-16-11-15(18)14(17)10-12(16)9-13(20)5-4-8-19-6-2-3-7-19;/h10-11H,2-9,18H2,1H3;1H. The van der Waals surface area contributed by atoms with E-state index in [0.29, 0.717) is 29.3 Å². The van der Waals surface area contributed by atoms with Gasteiger partial charge in [-0.3, -0.25) is 4.79 Å². The van der Waals surface area contributed by atoms with Crippen LogP contribution < -0.4 is 10.5 Å². The van der Waals surface area contributed by atoms with E-state index < -0.39 is 0 Å². The number of likely N-dealkylation sites (tertiary alicyclic amines) is 1. The van der Waals surface area contributed by atoms with Gasteiger partial charge >= 0.3 is 0 Å². The first-order valence-electron chi connectivity index (χ1n) is 7.46. The number of ether oxygens (including phenoxy) is 1. The molecule has 0 amide bonds. The summed E-state index contributed by atoms with van der Waals surface area (Å²) in [5.41, 5.74) is 7.02. The number of halogens is 2. The zero-order chi connectivity index (χ0) is 15.2. The average Bonchev–Trinajstić information content (AvgIpc) is 2.96. The van der Waals surface area contributed by atoms with Crippen LogP contribution in [-0.2, 0) is 11.2 Å². The minimum Gasteiger partial charge on any atom is -0.496 e. The molecule has 22 heavy (non-hydrogen) atoms. The van der Waals surface area contributed by atoms with Crippen molar-refractivity contribution in [2.24, 2.45) is 0 Å². The fourth-order valence-corrected chi connectivity index (χ4v) is 2.93. The van der Waals surface area contributed by atoms with E-state index >= 15 is 0 Å². The number of ketones is 1. The third kappa shape index (κ3) is 5.34. The number of hydrogen-bond acceptors (Lipinski definition) is 4. The summed E-state index contributed by atoms with van der Waals surface area (Å²) in [6.45, 7) is 3.37. The SMILES string of the molecule is COc1cc(N)c(Cl)cc1CC(=O)CCCN1CCCC1.Cl. The number of benzene rings is 1. The number of anilines is 1. The summed E-state index contributed by atoms with van der Waals surface area (Å²) < 4.78 is 5.27. The molecule has 0 aliphatic carbocycles. The van der Waals surface area contributed by atoms with E-state index in [9.17, 15) is 4.79 Å². The van der Waals surface area contributed by atoms with Crippen molar-refractivity contribution in [1.29, 1.82) is 0 Å². The van der Waals surface area contributed by atoms with Gasteiger partial charge in [0.15, 0.2) is 0 Å². The van der Waals surface area contributed by atoms with E-state index in [-0.39, 0.29) is 18.2 Å². The Morgan fingerprint density at radius 1 is 1.36 bits per heavy atom. The molecule has 0 spiro atoms. The molecule has 1 aliphatic rings. The molecule has 0 aromatic heterocycles. The van der Waals surface area contributed by atoms with Gasteiger partial charge in [-0.1, -0.05) is 11.6 Å². The molecule has 2 N–H and O–H groups in total. The summed E-state index contributed by atoms with van der Waals surface area (Å²) >= 11 is 6.02. The molecule has 124 valence electrons. The lowest BCUT2D eigenvalue weighted by molar-refractivity contribution is -0.118. The van der Waals surface area contributed by atoms with Gasteiger partial charge in [0.1, 0.15) is 11.5 Å². The minimum atomic E-state index is 0. The number of nitrogens with two attached hydrogens (primary N) is 1. The zero-order valence-corrected chi connectivity index (χ0v) is 14.5. The summed E-state index contributed by atoms with van der Waals surface area (Å²) in [6.07, 6.45) is 4.44. The van der Waals surface area contributed by atoms with Gasteiger partial charge < -0.3 is 15.4 Å². The van der Waals surface area contributed by atoms with Crippen molar-refractivity contribution in [2.75, 3.05) is 32.5 Å². The molecule has 1 heterocycles. The van der Waals surface area contributed by atoms with Crippen molar-refractivity contribution in [1.82, 2.24) is 4.90 Å². The third-order valence-electron chi connectivity index (χ3n) is 3.92. The number of hydrogen-bond donors (Lipinski definition) is 1. The maximum Gasteiger partial charge on any atom is 0.137 e. The monoisotopic (exact) mass is 346 g/mol. The first-order chi connectivity index (χ1) is 10.1. The predicted octanol–water partition coefficient (Wildman–Crippen LogP) is 3.34. The minimum absolute atomic E-state index is 0. The number of carbonyl (C=O) groups excluding carboxylic acids is 1. The van der Waals surface area contributed by atoms with Crippen molar-refractivity contribution in [3.63, 3.8) is 0 Å². The van der Waals surface area contributed by atoms with Gasteiger partial charge in [0.2, 0.25) is 0 Å². The Labute approximate surface area is 143 Å². The highest BCUT2D eigenvalue weighted by atomic mass is 35.5. The molecule has 1 fully saturated rings. The van der Waals surface area contributed by atoms with E-state index in [1.165, 1.54) is 25.9 Å². The van der Waals surface area contributed by atoms with Crippen molar-refractivity contribution in [3.8, 4) is 5.75 Å². The molecule has 0 unspecified atom stereocenters. The number of Topliss-reactive ketones (excluding diaryl/α,β-unsaturated/α-hetero) is 1.